The first-order valence-electron chi connectivity index (χ1n) is 21.0. The molecule has 2 aliphatic rings. The Morgan fingerprint density at radius 2 is 0.531 bits per heavy atom. The number of para-hydroxylation sites is 10. The Morgan fingerprint density at radius 1 is 0.250 bits per heavy atom. The van der Waals surface area contributed by atoms with Gasteiger partial charge in [0, 0.05) is 33.6 Å². The molecule has 302 valence electrons. The van der Waals surface area contributed by atoms with Crippen molar-refractivity contribution in [3.8, 4) is 33.9 Å². The van der Waals surface area contributed by atoms with E-state index in [-0.39, 0.29) is 0 Å². The van der Waals surface area contributed by atoms with E-state index in [1.807, 2.05) is 0 Å². The van der Waals surface area contributed by atoms with Crippen LogP contribution in [0.5, 0.6) is 0 Å². The normalized spacial score (nSPS) is 12.6. The maximum atomic E-state index is 4.62. The topological polar surface area (TPSA) is 90.3 Å². The molecule has 0 radical (unpaired) electrons. The fourth-order valence-electron chi connectivity index (χ4n) is 9.06. The molecule has 8 aromatic carbocycles. The summed E-state index contributed by atoms with van der Waals surface area (Å²) >= 11 is 0. The molecular weight excluding hydrogens is 789 g/mol. The molecule has 0 spiro atoms. The van der Waals surface area contributed by atoms with E-state index < -0.39 is 0 Å². The zero-order valence-electron chi connectivity index (χ0n) is 34.3. The largest absolute Gasteiger partial charge is 0.306 e. The fourth-order valence-corrected chi connectivity index (χ4v) is 9.06. The average Bonchev–Trinajstić information content (AvgIpc) is 3.38. The minimum atomic E-state index is 0.581. The Balaban J connectivity index is 1.14. The summed E-state index contributed by atoms with van der Waals surface area (Å²) in [6.07, 6.45) is 6.17. The lowest BCUT2D eigenvalue weighted by Crippen LogP contribution is -2.25. The predicted octanol–water partition coefficient (Wildman–Crippen LogP) is 13.6. The van der Waals surface area contributed by atoms with Crippen molar-refractivity contribution in [3.63, 3.8) is 0 Å². The number of benzene rings is 8. The maximum Gasteiger partial charge on any atom is 0.162 e. The Bertz CT molecular complexity index is 3000. The van der Waals surface area contributed by atoms with Gasteiger partial charge in [-0.3, -0.25) is 0 Å². The van der Waals surface area contributed by atoms with Crippen LogP contribution >= 0.6 is 0 Å². The van der Waals surface area contributed by atoms with Gasteiger partial charge in [0.05, 0.1) is 56.9 Å². The summed E-state index contributed by atoms with van der Waals surface area (Å²) in [6, 6.07) is 68.4. The van der Waals surface area contributed by atoms with Crippen LogP contribution in [0.1, 0.15) is 0 Å². The van der Waals surface area contributed by atoms with Crippen molar-refractivity contribution in [2.24, 2.45) is 0 Å². The van der Waals surface area contributed by atoms with E-state index in [1.165, 1.54) is 0 Å². The van der Waals surface area contributed by atoms with Crippen molar-refractivity contribution in [2.75, 3.05) is 19.6 Å². The Morgan fingerprint density at radius 3 is 0.844 bits per heavy atom. The molecule has 0 bridgehead atoms. The molecule has 10 nitrogen and oxygen atoms in total. The number of aromatic nitrogens is 6. The second-order valence-electron chi connectivity index (χ2n) is 15.4. The first kappa shape index (κ1) is 36.8. The van der Waals surface area contributed by atoms with E-state index in [0.29, 0.717) is 11.6 Å². The van der Waals surface area contributed by atoms with Gasteiger partial charge >= 0.3 is 0 Å². The Hall–Kier alpha value is -9.02. The molecule has 2 aliphatic heterocycles. The number of nitrogens with zero attached hydrogens (tertiary/aromatic N) is 10. The molecule has 64 heavy (non-hydrogen) atoms. The molecular formula is C54H36N10. The number of rotatable bonds is 7. The number of anilines is 12. The molecule has 10 aromatic rings. The van der Waals surface area contributed by atoms with Crippen molar-refractivity contribution < 1.29 is 0 Å². The molecule has 0 saturated carbocycles. The van der Waals surface area contributed by atoms with Crippen molar-refractivity contribution in [1.29, 1.82) is 0 Å². The van der Waals surface area contributed by atoms with Gasteiger partial charge in [-0.1, -0.05) is 109 Å². The van der Waals surface area contributed by atoms with Gasteiger partial charge in [-0.2, -0.15) is 0 Å². The molecule has 0 fully saturated rings. The number of hydrogen-bond acceptors (Lipinski definition) is 10. The minimum absolute atomic E-state index is 0.581. The van der Waals surface area contributed by atoms with Gasteiger partial charge < -0.3 is 19.6 Å². The highest BCUT2D eigenvalue weighted by molar-refractivity contribution is 6.08. The summed E-state index contributed by atoms with van der Waals surface area (Å²) in [4.78, 5) is 36.2. The van der Waals surface area contributed by atoms with E-state index >= 15 is 0 Å². The van der Waals surface area contributed by atoms with E-state index in [0.717, 1.165) is 90.5 Å². The Kier molecular flexibility index (Phi) is 8.89. The van der Waals surface area contributed by atoms with Gasteiger partial charge in [-0.25, -0.2) is 29.9 Å². The third-order valence-electron chi connectivity index (χ3n) is 11.8. The summed E-state index contributed by atoms with van der Waals surface area (Å²) in [7, 11) is 0. The van der Waals surface area contributed by atoms with Crippen molar-refractivity contribution >= 4 is 68.2 Å². The zero-order valence-corrected chi connectivity index (χ0v) is 34.3. The van der Waals surface area contributed by atoms with E-state index in [4.69, 9.17) is 0 Å². The summed E-state index contributed by atoms with van der Waals surface area (Å²) in [6.45, 7) is 0. The second-order valence-corrected chi connectivity index (χ2v) is 15.4. The van der Waals surface area contributed by atoms with Crippen LogP contribution in [-0.4, -0.2) is 29.9 Å². The number of hydrogen-bond donors (Lipinski definition) is 0. The standard InChI is InChI=1S/C54H36N10/c1-3-15-39(16-4-1)61-43-19-7-11-23-47(43)63(48-24-12-8-20-44(48)61)51-31-37(53-57-33-55-34-58-53)27-29-41(51)42-30-28-38(54-59-35-56-36-60-54)32-52(42)64-49-25-13-9-21-45(49)62(40-17-5-2-6-18-40)46-22-10-14-26-50(46)64/h1-36H. The third-order valence-corrected chi connectivity index (χ3v) is 11.8. The smallest absolute Gasteiger partial charge is 0.162 e. The fraction of sp³-hybridized carbons (Fsp3) is 0. The van der Waals surface area contributed by atoms with Crippen LogP contribution in [0, 0.1) is 0 Å². The number of fused-ring (bicyclic) bond motifs is 4. The van der Waals surface area contributed by atoms with Gasteiger partial charge in [0.25, 0.3) is 0 Å². The molecule has 0 atom stereocenters. The molecule has 0 unspecified atom stereocenters. The summed E-state index contributed by atoms with van der Waals surface area (Å²) in [5.41, 5.74) is 16.0. The summed E-state index contributed by atoms with van der Waals surface area (Å²) < 4.78 is 0. The quantitative estimate of drug-likeness (QED) is 0.155. The van der Waals surface area contributed by atoms with Gasteiger partial charge in [-0.15, -0.1) is 0 Å². The SMILES string of the molecule is c1ccc(N2c3ccccc3N(c3cc(-c4ncncn4)ccc3-c3ccc(-c4ncncn4)cc3N3c4ccccc4N(c4ccccc4)c4ccccc43)c3ccccc32)cc1. The molecule has 0 amide bonds. The molecule has 4 heterocycles. The van der Waals surface area contributed by atoms with Gasteiger partial charge in [0.15, 0.2) is 11.6 Å². The Labute approximate surface area is 369 Å². The lowest BCUT2D eigenvalue weighted by molar-refractivity contribution is 1.05. The average molecular weight is 825 g/mol. The molecule has 0 N–H and O–H groups in total. The van der Waals surface area contributed by atoms with Crippen molar-refractivity contribution in [3.05, 3.63) is 219 Å². The molecule has 2 aromatic heterocycles. The lowest BCUT2D eigenvalue weighted by Gasteiger charge is -2.42. The monoisotopic (exact) mass is 824 g/mol. The molecule has 12 rings (SSSR count). The first-order valence-corrected chi connectivity index (χ1v) is 21.0. The van der Waals surface area contributed by atoms with Crippen LogP contribution in [0.15, 0.2) is 219 Å². The van der Waals surface area contributed by atoms with Crippen LogP contribution < -0.4 is 19.6 Å². The first-order chi connectivity index (χ1) is 31.8. The highest BCUT2D eigenvalue weighted by atomic mass is 15.3. The molecule has 0 saturated heterocycles. The summed E-state index contributed by atoms with van der Waals surface area (Å²) in [5.74, 6) is 1.16. The molecule has 0 aliphatic carbocycles. The van der Waals surface area contributed by atoms with Crippen LogP contribution in [0.2, 0.25) is 0 Å². The van der Waals surface area contributed by atoms with E-state index in [9.17, 15) is 0 Å². The maximum absolute atomic E-state index is 4.62. The van der Waals surface area contributed by atoms with Crippen LogP contribution in [0.4, 0.5) is 68.2 Å². The van der Waals surface area contributed by atoms with Crippen LogP contribution in [0.3, 0.4) is 0 Å². The van der Waals surface area contributed by atoms with Crippen LogP contribution in [0.25, 0.3) is 33.9 Å². The van der Waals surface area contributed by atoms with Crippen molar-refractivity contribution in [1.82, 2.24) is 29.9 Å². The zero-order chi connectivity index (χ0) is 42.4. The predicted molar refractivity (Wildman–Crippen MR) is 255 cm³/mol. The lowest BCUT2D eigenvalue weighted by atomic mass is 9.93. The molecule has 10 heteroatoms. The minimum Gasteiger partial charge on any atom is -0.306 e. The highest BCUT2D eigenvalue weighted by Gasteiger charge is 2.35. The summed E-state index contributed by atoms with van der Waals surface area (Å²) in [5, 5.41) is 0. The third kappa shape index (κ3) is 6.12. The van der Waals surface area contributed by atoms with Gasteiger partial charge in [0.1, 0.15) is 25.3 Å². The van der Waals surface area contributed by atoms with E-state index in [1.54, 1.807) is 25.3 Å². The van der Waals surface area contributed by atoms with Crippen LogP contribution in [-0.2, 0) is 0 Å². The second kappa shape index (κ2) is 15.5. The van der Waals surface area contributed by atoms with E-state index in [2.05, 4.69) is 244 Å². The van der Waals surface area contributed by atoms with Gasteiger partial charge in [0.2, 0.25) is 0 Å². The van der Waals surface area contributed by atoms with Crippen molar-refractivity contribution in [2.45, 2.75) is 0 Å². The highest BCUT2D eigenvalue weighted by Crippen LogP contribution is 2.59. The van der Waals surface area contributed by atoms with Gasteiger partial charge in [-0.05, 0) is 84.9 Å².